The van der Waals surface area contributed by atoms with Gasteiger partial charge in [0, 0.05) is 0 Å². The number of aliphatic hydroxyl groups is 1. The number of ether oxygens (including phenoxy) is 1. The van der Waals surface area contributed by atoms with Crippen molar-refractivity contribution in [3.05, 3.63) is 12.7 Å². The van der Waals surface area contributed by atoms with Crippen LogP contribution in [0.3, 0.4) is 0 Å². The second-order valence-electron chi connectivity index (χ2n) is 4.09. The molecule has 0 aromatic heterocycles. The zero-order valence-corrected chi connectivity index (χ0v) is 8.82. The van der Waals surface area contributed by atoms with Gasteiger partial charge in [-0.25, -0.2) is 0 Å². The molecule has 3 nitrogen and oxygen atoms in total. The van der Waals surface area contributed by atoms with Crippen LogP contribution in [0.5, 0.6) is 0 Å². The van der Waals surface area contributed by atoms with Crippen LogP contribution in [0.15, 0.2) is 12.7 Å². The Morgan fingerprint density at radius 2 is 2.43 bits per heavy atom. The minimum Gasteiger partial charge on any atom is -0.382 e. The van der Waals surface area contributed by atoms with E-state index in [-0.39, 0.29) is 17.8 Å². The average Bonchev–Trinajstić information content (AvgIpc) is 2.96. The second kappa shape index (κ2) is 4.24. The average molecular weight is 198 g/mol. The summed E-state index contributed by atoms with van der Waals surface area (Å²) in [7, 11) is 0. The van der Waals surface area contributed by atoms with Crippen LogP contribution in [0.25, 0.3) is 0 Å². The molecule has 1 rings (SSSR count). The van der Waals surface area contributed by atoms with Gasteiger partial charge in [-0.15, -0.1) is 0 Å². The van der Waals surface area contributed by atoms with Crippen LogP contribution in [0, 0.1) is 5.92 Å². The standard InChI is InChI=1S/C11H18O3/c1-4-8(9-7-14-9)6-11(3,13)10(12)5-2/h5,8-9,13H,2,4,6-7H2,1,3H3. The number of epoxide rings is 1. The van der Waals surface area contributed by atoms with Gasteiger partial charge in [0.25, 0.3) is 0 Å². The molecule has 0 aliphatic carbocycles. The molecule has 0 aromatic carbocycles. The third kappa shape index (κ3) is 2.66. The van der Waals surface area contributed by atoms with Crippen LogP contribution in [0.4, 0.5) is 0 Å². The third-order valence-corrected chi connectivity index (χ3v) is 2.79. The van der Waals surface area contributed by atoms with E-state index in [2.05, 4.69) is 6.58 Å². The maximum Gasteiger partial charge on any atom is 0.186 e. The van der Waals surface area contributed by atoms with Crippen LogP contribution in [-0.2, 0) is 9.53 Å². The normalized spacial score (nSPS) is 26.4. The molecule has 0 bridgehead atoms. The van der Waals surface area contributed by atoms with Gasteiger partial charge < -0.3 is 9.84 Å². The van der Waals surface area contributed by atoms with Gasteiger partial charge in [0.05, 0.1) is 12.7 Å². The van der Waals surface area contributed by atoms with E-state index in [9.17, 15) is 9.90 Å². The highest BCUT2D eigenvalue weighted by molar-refractivity contribution is 5.95. The molecule has 3 atom stereocenters. The van der Waals surface area contributed by atoms with Gasteiger partial charge in [0.15, 0.2) is 5.78 Å². The lowest BCUT2D eigenvalue weighted by molar-refractivity contribution is -0.132. The molecule has 0 aromatic rings. The topological polar surface area (TPSA) is 49.8 Å². The molecule has 3 unspecified atom stereocenters. The Balaban J connectivity index is 2.54. The highest BCUT2D eigenvalue weighted by atomic mass is 16.6. The van der Waals surface area contributed by atoms with Crippen molar-refractivity contribution in [1.82, 2.24) is 0 Å². The van der Waals surface area contributed by atoms with Crippen molar-refractivity contribution >= 4 is 5.78 Å². The predicted octanol–water partition coefficient (Wildman–Crippen LogP) is 1.31. The first-order valence-electron chi connectivity index (χ1n) is 5.02. The molecule has 1 aliphatic heterocycles. The molecule has 3 heteroatoms. The molecule has 14 heavy (non-hydrogen) atoms. The Labute approximate surface area is 84.8 Å². The van der Waals surface area contributed by atoms with E-state index in [1.54, 1.807) is 6.92 Å². The lowest BCUT2D eigenvalue weighted by atomic mass is 9.85. The largest absolute Gasteiger partial charge is 0.382 e. The first-order valence-corrected chi connectivity index (χ1v) is 5.02. The van der Waals surface area contributed by atoms with Gasteiger partial charge >= 0.3 is 0 Å². The van der Waals surface area contributed by atoms with Crippen molar-refractivity contribution in [2.45, 2.75) is 38.4 Å². The van der Waals surface area contributed by atoms with Gasteiger partial charge in [-0.3, -0.25) is 4.79 Å². The van der Waals surface area contributed by atoms with E-state index < -0.39 is 5.60 Å². The van der Waals surface area contributed by atoms with E-state index in [1.165, 1.54) is 6.08 Å². The lowest BCUT2D eigenvalue weighted by Gasteiger charge is -2.24. The first-order chi connectivity index (χ1) is 6.51. The number of carbonyl (C=O) groups is 1. The summed E-state index contributed by atoms with van der Waals surface area (Å²) in [5, 5.41) is 9.88. The second-order valence-corrected chi connectivity index (χ2v) is 4.09. The smallest absolute Gasteiger partial charge is 0.186 e. The number of hydrogen-bond donors (Lipinski definition) is 1. The molecule has 1 aliphatic rings. The molecule has 0 radical (unpaired) electrons. The van der Waals surface area contributed by atoms with E-state index >= 15 is 0 Å². The van der Waals surface area contributed by atoms with Gasteiger partial charge in [0.2, 0.25) is 0 Å². The Bertz CT molecular complexity index is 229. The van der Waals surface area contributed by atoms with Gasteiger partial charge in [-0.2, -0.15) is 0 Å². The highest BCUT2D eigenvalue weighted by Crippen LogP contribution is 2.30. The van der Waals surface area contributed by atoms with Crippen LogP contribution >= 0.6 is 0 Å². The van der Waals surface area contributed by atoms with Gasteiger partial charge in [-0.1, -0.05) is 19.9 Å². The molecule has 0 amide bonds. The van der Waals surface area contributed by atoms with Gasteiger partial charge in [-0.05, 0) is 25.3 Å². The predicted molar refractivity (Wildman–Crippen MR) is 54.0 cm³/mol. The van der Waals surface area contributed by atoms with E-state index in [1.807, 2.05) is 6.92 Å². The quantitative estimate of drug-likeness (QED) is 0.517. The summed E-state index contributed by atoms with van der Waals surface area (Å²) in [6.07, 6.45) is 2.80. The van der Waals surface area contributed by atoms with Crippen molar-refractivity contribution in [1.29, 1.82) is 0 Å². The first kappa shape index (κ1) is 11.4. The summed E-state index contributed by atoms with van der Waals surface area (Å²) in [4.78, 5) is 11.3. The fraction of sp³-hybridized carbons (Fsp3) is 0.727. The highest BCUT2D eigenvalue weighted by Gasteiger charge is 2.38. The fourth-order valence-corrected chi connectivity index (χ4v) is 1.70. The molecular formula is C11H18O3. The fourth-order valence-electron chi connectivity index (χ4n) is 1.70. The van der Waals surface area contributed by atoms with Crippen molar-refractivity contribution in [3.63, 3.8) is 0 Å². The van der Waals surface area contributed by atoms with Crippen molar-refractivity contribution in [2.24, 2.45) is 5.92 Å². The Hall–Kier alpha value is -0.670. The van der Waals surface area contributed by atoms with Gasteiger partial charge in [0.1, 0.15) is 5.60 Å². The summed E-state index contributed by atoms with van der Waals surface area (Å²) < 4.78 is 5.17. The lowest BCUT2D eigenvalue weighted by Crippen LogP contribution is -2.37. The van der Waals surface area contributed by atoms with Crippen LogP contribution in [0.1, 0.15) is 26.7 Å². The third-order valence-electron chi connectivity index (χ3n) is 2.79. The minimum atomic E-state index is -1.28. The van der Waals surface area contributed by atoms with Crippen molar-refractivity contribution < 1.29 is 14.6 Å². The monoisotopic (exact) mass is 198 g/mol. The molecule has 80 valence electrons. The summed E-state index contributed by atoms with van der Waals surface area (Å²) in [5.41, 5.74) is -1.28. The Kier molecular flexibility index (Phi) is 3.45. The minimum absolute atomic E-state index is 0.240. The number of carbonyl (C=O) groups excluding carboxylic acids is 1. The molecule has 1 saturated heterocycles. The molecule has 1 N–H and O–H groups in total. The van der Waals surface area contributed by atoms with Crippen LogP contribution in [-0.4, -0.2) is 29.2 Å². The summed E-state index contributed by atoms with van der Waals surface area (Å²) in [6, 6.07) is 0. The number of rotatable bonds is 6. The maximum absolute atomic E-state index is 11.3. The summed E-state index contributed by atoms with van der Waals surface area (Å²) in [5.74, 6) is -0.0366. The Morgan fingerprint density at radius 3 is 2.79 bits per heavy atom. The van der Waals surface area contributed by atoms with Crippen molar-refractivity contribution in [3.8, 4) is 0 Å². The molecule has 1 fully saturated rings. The number of ketones is 1. The summed E-state index contributed by atoms with van der Waals surface area (Å²) >= 11 is 0. The van der Waals surface area contributed by atoms with E-state index in [0.717, 1.165) is 13.0 Å². The molecule has 0 saturated carbocycles. The zero-order valence-electron chi connectivity index (χ0n) is 8.82. The Morgan fingerprint density at radius 1 is 1.86 bits per heavy atom. The van der Waals surface area contributed by atoms with E-state index in [0.29, 0.717) is 6.42 Å². The van der Waals surface area contributed by atoms with Crippen molar-refractivity contribution in [2.75, 3.05) is 6.61 Å². The van der Waals surface area contributed by atoms with E-state index in [4.69, 9.17) is 4.74 Å². The number of hydrogen-bond acceptors (Lipinski definition) is 3. The van der Waals surface area contributed by atoms with Crippen LogP contribution in [0.2, 0.25) is 0 Å². The summed E-state index contributed by atoms with van der Waals surface area (Å²) in [6.45, 7) is 7.73. The molecular weight excluding hydrogens is 180 g/mol. The van der Waals surface area contributed by atoms with Crippen LogP contribution < -0.4 is 0 Å². The SMILES string of the molecule is C=CC(=O)C(C)(O)CC(CC)C1CO1. The molecule has 1 heterocycles. The maximum atomic E-state index is 11.3. The zero-order chi connectivity index (χ0) is 10.8. The molecule has 0 spiro atoms.